The summed E-state index contributed by atoms with van der Waals surface area (Å²) in [7, 11) is 0. The molecular weight excluding hydrogens is 500 g/mol. The third-order valence-corrected chi connectivity index (χ3v) is 9.26. The molecule has 2 bridgehead atoms. The predicted octanol–water partition coefficient (Wildman–Crippen LogP) is 7.80. The van der Waals surface area contributed by atoms with E-state index in [1.807, 2.05) is 6.07 Å². The quantitative estimate of drug-likeness (QED) is 0.320. The lowest BCUT2D eigenvalue weighted by molar-refractivity contribution is -0.119. The number of hydrogen-bond acceptors (Lipinski definition) is 4. The van der Waals surface area contributed by atoms with Gasteiger partial charge in [-0.1, -0.05) is 50.1 Å². The van der Waals surface area contributed by atoms with Crippen LogP contribution in [0.5, 0.6) is 5.75 Å². The molecule has 37 heavy (non-hydrogen) atoms. The van der Waals surface area contributed by atoms with Crippen molar-refractivity contribution in [1.82, 2.24) is 4.72 Å². The Morgan fingerprint density at radius 2 is 1.92 bits per heavy atom. The van der Waals surface area contributed by atoms with Crippen molar-refractivity contribution in [3.8, 4) is 5.75 Å². The number of rotatable bonds is 3. The Kier molecular flexibility index (Phi) is 8.71. The van der Waals surface area contributed by atoms with E-state index < -0.39 is 0 Å². The van der Waals surface area contributed by atoms with Crippen LogP contribution >= 0.6 is 23.5 Å². The standard InChI is InChI=1S/C31H39ClN2O2S/c1-3-6-23-16-26(32)11-13-28(23)25-19-34-18-24-10-9-22(24)8-5-4-7-21(2)15-31(35)33-37-27-12-14-30(36-20-25)29(34)17-27/h4-5,11-14,16-17,21-22,24-25H,3,6-10,15,18-20H2,1-2H3,(H,33,35)/b5-4+. The van der Waals surface area contributed by atoms with Crippen LogP contribution in [-0.2, 0) is 11.2 Å². The largest absolute Gasteiger partial charge is 0.491 e. The number of ether oxygens (including phenoxy) is 1. The summed E-state index contributed by atoms with van der Waals surface area (Å²) in [6.07, 6.45) is 12.0. The van der Waals surface area contributed by atoms with Crippen LogP contribution in [0.4, 0.5) is 5.69 Å². The van der Waals surface area contributed by atoms with Gasteiger partial charge in [-0.05, 0) is 103 Å². The number of aryl methyl sites for hydroxylation is 1. The van der Waals surface area contributed by atoms with E-state index in [-0.39, 0.29) is 11.8 Å². The lowest BCUT2D eigenvalue weighted by atomic mass is 9.71. The molecule has 198 valence electrons. The van der Waals surface area contributed by atoms with Crippen LogP contribution in [0.25, 0.3) is 0 Å². The van der Waals surface area contributed by atoms with E-state index in [2.05, 4.69) is 66.0 Å². The van der Waals surface area contributed by atoms with Crippen LogP contribution in [0.1, 0.15) is 69.4 Å². The van der Waals surface area contributed by atoms with Crippen LogP contribution < -0.4 is 14.4 Å². The van der Waals surface area contributed by atoms with Gasteiger partial charge in [0.05, 0.1) is 12.3 Å². The van der Waals surface area contributed by atoms with Crippen molar-refractivity contribution in [2.24, 2.45) is 17.8 Å². The van der Waals surface area contributed by atoms with Crippen molar-refractivity contribution in [3.63, 3.8) is 0 Å². The molecular formula is C31H39ClN2O2S. The molecule has 4 unspecified atom stereocenters. The Morgan fingerprint density at radius 3 is 2.73 bits per heavy atom. The number of allylic oxidation sites excluding steroid dienone is 2. The van der Waals surface area contributed by atoms with Gasteiger partial charge in [0, 0.05) is 35.3 Å². The second kappa shape index (κ2) is 12.2. The average Bonchev–Trinajstić information content (AvgIpc) is 3.04. The topological polar surface area (TPSA) is 41.6 Å². The molecule has 2 aliphatic heterocycles. The Labute approximate surface area is 231 Å². The first-order chi connectivity index (χ1) is 18.0. The molecule has 0 saturated heterocycles. The summed E-state index contributed by atoms with van der Waals surface area (Å²) in [6, 6.07) is 12.7. The summed E-state index contributed by atoms with van der Waals surface area (Å²) >= 11 is 7.81. The Morgan fingerprint density at radius 1 is 1.08 bits per heavy atom. The van der Waals surface area contributed by atoms with E-state index in [0.717, 1.165) is 66.0 Å². The van der Waals surface area contributed by atoms with E-state index >= 15 is 0 Å². The molecule has 5 rings (SSSR count). The van der Waals surface area contributed by atoms with Gasteiger partial charge >= 0.3 is 0 Å². The van der Waals surface area contributed by atoms with Crippen molar-refractivity contribution in [3.05, 3.63) is 64.7 Å². The third-order valence-electron chi connectivity index (χ3n) is 8.21. The highest BCUT2D eigenvalue weighted by molar-refractivity contribution is 7.98. The molecule has 2 aromatic carbocycles. The van der Waals surface area contributed by atoms with Crippen LogP contribution in [0.3, 0.4) is 0 Å². The molecule has 1 N–H and O–H groups in total. The first kappa shape index (κ1) is 26.5. The van der Waals surface area contributed by atoms with Crippen molar-refractivity contribution in [2.45, 2.75) is 69.6 Å². The lowest BCUT2D eigenvalue weighted by Crippen LogP contribution is -2.40. The SMILES string of the molecule is CCCc1cc(Cl)ccc1C1COc2ccc3cc2N(C1)CC1CCC1C/C=C/CC(C)CC(=O)NS3. The summed E-state index contributed by atoms with van der Waals surface area (Å²) in [5.74, 6) is 3.07. The number of nitrogens with zero attached hydrogens (tertiary/aromatic N) is 1. The maximum Gasteiger partial charge on any atom is 0.230 e. The van der Waals surface area contributed by atoms with Gasteiger partial charge in [-0.25, -0.2) is 0 Å². The smallest absolute Gasteiger partial charge is 0.230 e. The van der Waals surface area contributed by atoms with Gasteiger partial charge in [-0.3, -0.25) is 9.52 Å². The summed E-state index contributed by atoms with van der Waals surface area (Å²) in [6.45, 7) is 6.99. The van der Waals surface area contributed by atoms with Gasteiger partial charge in [0.1, 0.15) is 5.75 Å². The van der Waals surface area contributed by atoms with E-state index in [0.29, 0.717) is 24.9 Å². The molecule has 6 heteroatoms. The highest BCUT2D eigenvalue weighted by Gasteiger charge is 2.34. The van der Waals surface area contributed by atoms with E-state index in [1.165, 1.54) is 35.9 Å². The zero-order chi connectivity index (χ0) is 25.8. The zero-order valence-electron chi connectivity index (χ0n) is 22.0. The summed E-state index contributed by atoms with van der Waals surface area (Å²) in [4.78, 5) is 16.2. The zero-order valence-corrected chi connectivity index (χ0v) is 23.6. The number of hydrogen-bond donors (Lipinski definition) is 1. The average molecular weight is 539 g/mol. The molecule has 0 aromatic heterocycles. The maximum atomic E-state index is 12.5. The number of anilines is 1. The van der Waals surface area contributed by atoms with E-state index in [9.17, 15) is 4.79 Å². The number of benzene rings is 2. The van der Waals surface area contributed by atoms with Crippen LogP contribution in [0, 0.1) is 17.8 Å². The van der Waals surface area contributed by atoms with Gasteiger partial charge in [0.2, 0.25) is 5.91 Å². The number of nitrogens with one attached hydrogen (secondary N) is 1. The Balaban J connectivity index is 1.46. The summed E-state index contributed by atoms with van der Waals surface area (Å²) in [5, 5.41) is 0.804. The summed E-state index contributed by atoms with van der Waals surface area (Å²) < 4.78 is 9.54. The molecule has 0 radical (unpaired) electrons. The molecule has 4 atom stereocenters. The third kappa shape index (κ3) is 6.49. The van der Waals surface area contributed by atoms with Gasteiger partial charge in [0.25, 0.3) is 0 Å². The molecule has 1 fully saturated rings. The molecule has 1 aliphatic carbocycles. The normalized spacial score (nSPS) is 27.2. The highest BCUT2D eigenvalue weighted by Crippen LogP contribution is 2.43. The minimum atomic E-state index is 0.0892. The van der Waals surface area contributed by atoms with Crippen molar-refractivity contribution >= 4 is 35.1 Å². The number of halogens is 1. The van der Waals surface area contributed by atoms with Crippen molar-refractivity contribution < 1.29 is 9.53 Å². The van der Waals surface area contributed by atoms with Gasteiger partial charge in [-0.15, -0.1) is 0 Å². The monoisotopic (exact) mass is 538 g/mol. The number of fused-ring (bicyclic) bond motifs is 2. The Hall–Kier alpha value is -2.11. The number of amides is 1. The molecule has 1 saturated carbocycles. The van der Waals surface area contributed by atoms with Gasteiger partial charge < -0.3 is 9.64 Å². The molecule has 4 nitrogen and oxygen atoms in total. The summed E-state index contributed by atoms with van der Waals surface area (Å²) in [5.41, 5.74) is 3.84. The lowest BCUT2D eigenvalue weighted by Gasteiger charge is -2.41. The fourth-order valence-electron chi connectivity index (χ4n) is 5.99. The molecule has 0 spiro atoms. The second-order valence-electron chi connectivity index (χ2n) is 11.1. The van der Waals surface area contributed by atoms with Crippen molar-refractivity contribution in [2.75, 3.05) is 24.6 Å². The van der Waals surface area contributed by atoms with E-state index in [1.54, 1.807) is 0 Å². The fraction of sp³-hybridized carbons (Fsp3) is 0.516. The van der Waals surface area contributed by atoms with E-state index in [4.69, 9.17) is 16.3 Å². The molecule has 2 aromatic rings. The van der Waals surface area contributed by atoms with Crippen LogP contribution in [-0.4, -0.2) is 25.6 Å². The number of carbonyl (C=O) groups excluding carboxylic acids is 1. The molecule has 3 aliphatic rings. The molecule has 1 amide bonds. The predicted molar refractivity (Wildman–Crippen MR) is 155 cm³/mol. The van der Waals surface area contributed by atoms with Crippen LogP contribution in [0.15, 0.2) is 53.4 Å². The Bertz CT molecular complexity index is 1140. The minimum absolute atomic E-state index is 0.0892. The first-order valence-electron chi connectivity index (χ1n) is 13.9. The minimum Gasteiger partial charge on any atom is -0.491 e. The second-order valence-corrected chi connectivity index (χ2v) is 12.4. The van der Waals surface area contributed by atoms with Gasteiger partial charge in [0.15, 0.2) is 0 Å². The van der Waals surface area contributed by atoms with Gasteiger partial charge in [-0.2, -0.15) is 0 Å². The molecule has 2 heterocycles. The first-order valence-corrected chi connectivity index (χ1v) is 15.1. The highest BCUT2D eigenvalue weighted by atomic mass is 35.5. The maximum absolute atomic E-state index is 12.5. The fourth-order valence-corrected chi connectivity index (χ4v) is 6.80. The van der Waals surface area contributed by atoms with Crippen molar-refractivity contribution in [1.29, 1.82) is 0 Å². The number of carbonyl (C=O) groups is 1. The van der Waals surface area contributed by atoms with Crippen LogP contribution in [0.2, 0.25) is 5.02 Å².